The number of aliphatic hydroxyl groups is 1. The van der Waals surface area contributed by atoms with E-state index in [1.54, 1.807) is 42.5 Å². The SMILES string of the molecule is COc1ccccc1NC(=O)N[C@@H]1CC[C@@H](CCNS(=O)(=O)c2ccccc2)O[C@H]1CO. The topological polar surface area (TPSA) is 126 Å². The fourth-order valence-electron chi connectivity index (χ4n) is 3.62. The summed E-state index contributed by atoms with van der Waals surface area (Å²) in [6.07, 6.45) is 0.885. The molecule has 174 valence electrons. The summed E-state index contributed by atoms with van der Waals surface area (Å²) in [4.78, 5) is 12.6. The molecule has 1 aliphatic heterocycles. The number of carbonyl (C=O) groups is 1. The number of carbonyl (C=O) groups excluding carboxylic acids is 1. The molecule has 2 aromatic carbocycles. The van der Waals surface area contributed by atoms with Gasteiger partial charge in [-0.3, -0.25) is 0 Å². The Labute approximate surface area is 188 Å². The van der Waals surface area contributed by atoms with Crippen LogP contribution in [0.5, 0.6) is 5.75 Å². The molecule has 10 heteroatoms. The number of rotatable bonds is 9. The van der Waals surface area contributed by atoms with Crippen LogP contribution in [0.1, 0.15) is 19.3 Å². The first-order valence-corrected chi connectivity index (χ1v) is 11.9. The summed E-state index contributed by atoms with van der Waals surface area (Å²) >= 11 is 0. The van der Waals surface area contributed by atoms with Gasteiger partial charge < -0.3 is 25.2 Å². The molecule has 0 aromatic heterocycles. The molecule has 2 amide bonds. The van der Waals surface area contributed by atoms with E-state index in [2.05, 4.69) is 15.4 Å². The standard InChI is InChI=1S/C22H29N3O6S/c1-30-20-10-6-5-9-18(20)24-22(27)25-19-12-11-16(31-21(19)15-26)13-14-23-32(28,29)17-7-3-2-4-8-17/h2-10,16,19,21,23,26H,11-15H2,1H3,(H2,24,25,27)/t16-,19+,21-/m0/s1. The zero-order valence-corrected chi connectivity index (χ0v) is 18.7. The summed E-state index contributed by atoms with van der Waals surface area (Å²) < 4.78 is 38.3. The zero-order valence-electron chi connectivity index (χ0n) is 17.9. The van der Waals surface area contributed by atoms with E-state index in [1.165, 1.54) is 19.2 Å². The molecule has 0 unspecified atom stereocenters. The van der Waals surface area contributed by atoms with Crippen LogP contribution in [-0.4, -0.2) is 58.1 Å². The number of nitrogens with one attached hydrogen (secondary N) is 3. The molecule has 1 fully saturated rings. The molecule has 0 bridgehead atoms. The van der Waals surface area contributed by atoms with Gasteiger partial charge in [0.25, 0.3) is 0 Å². The van der Waals surface area contributed by atoms with Crippen molar-refractivity contribution in [2.24, 2.45) is 0 Å². The van der Waals surface area contributed by atoms with Crippen LogP contribution in [0.15, 0.2) is 59.5 Å². The predicted molar refractivity (Wildman–Crippen MR) is 120 cm³/mol. The molecule has 0 saturated carbocycles. The van der Waals surface area contributed by atoms with Gasteiger partial charge in [-0.05, 0) is 43.5 Å². The quantitative estimate of drug-likeness (QED) is 0.451. The third-order valence-corrected chi connectivity index (χ3v) is 6.76. The summed E-state index contributed by atoms with van der Waals surface area (Å²) in [6.45, 7) is -0.0434. The van der Waals surface area contributed by atoms with Crippen molar-refractivity contribution in [2.45, 2.75) is 42.4 Å². The lowest BCUT2D eigenvalue weighted by Gasteiger charge is -2.36. The second-order valence-electron chi connectivity index (χ2n) is 7.46. The van der Waals surface area contributed by atoms with Crippen molar-refractivity contribution in [3.8, 4) is 5.75 Å². The van der Waals surface area contributed by atoms with Crippen molar-refractivity contribution in [3.63, 3.8) is 0 Å². The lowest BCUT2D eigenvalue weighted by Crippen LogP contribution is -2.52. The van der Waals surface area contributed by atoms with Gasteiger partial charge in [0.1, 0.15) is 11.9 Å². The van der Waals surface area contributed by atoms with Crippen LogP contribution < -0.4 is 20.1 Å². The number of para-hydroxylation sites is 2. The molecule has 1 heterocycles. The van der Waals surface area contributed by atoms with Crippen molar-refractivity contribution in [3.05, 3.63) is 54.6 Å². The molecule has 1 aliphatic rings. The summed E-state index contributed by atoms with van der Waals surface area (Å²) in [6, 6.07) is 14.4. The molecule has 32 heavy (non-hydrogen) atoms. The monoisotopic (exact) mass is 463 g/mol. The first kappa shape index (κ1) is 24.0. The van der Waals surface area contributed by atoms with Crippen molar-refractivity contribution in [1.82, 2.24) is 10.0 Å². The van der Waals surface area contributed by atoms with Crippen molar-refractivity contribution >= 4 is 21.7 Å². The molecule has 2 aromatic rings. The molecule has 1 saturated heterocycles. The minimum atomic E-state index is -3.57. The van der Waals surface area contributed by atoms with Crippen LogP contribution in [0.2, 0.25) is 0 Å². The van der Waals surface area contributed by atoms with Crippen LogP contribution in [0, 0.1) is 0 Å². The Morgan fingerprint density at radius 1 is 1.12 bits per heavy atom. The van der Waals surface area contributed by atoms with Gasteiger partial charge in [-0.1, -0.05) is 30.3 Å². The lowest BCUT2D eigenvalue weighted by atomic mass is 9.97. The van der Waals surface area contributed by atoms with E-state index in [0.717, 1.165) is 0 Å². The maximum atomic E-state index is 12.4. The maximum Gasteiger partial charge on any atom is 0.319 e. The first-order valence-electron chi connectivity index (χ1n) is 10.4. The van der Waals surface area contributed by atoms with Crippen molar-refractivity contribution in [1.29, 1.82) is 0 Å². The van der Waals surface area contributed by atoms with E-state index in [1.807, 2.05) is 0 Å². The van der Waals surface area contributed by atoms with E-state index in [-0.39, 0.29) is 30.2 Å². The zero-order chi connectivity index (χ0) is 23.0. The minimum absolute atomic E-state index is 0.211. The molecule has 3 rings (SSSR count). The van der Waals surface area contributed by atoms with E-state index in [4.69, 9.17) is 9.47 Å². The van der Waals surface area contributed by atoms with Crippen LogP contribution >= 0.6 is 0 Å². The van der Waals surface area contributed by atoms with Gasteiger partial charge in [-0.25, -0.2) is 17.9 Å². The fraction of sp³-hybridized carbons (Fsp3) is 0.409. The highest BCUT2D eigenvalue weighted by molar-refractivity contribution is 7.89. The Hall–Kier alpha value is -2.66. The Morgan fingerprint density at radius 3 is 2.56 bits per heavy atom. The summed E-state index contributed by atoms with van der Waals surface area (Å²) in [5.41, 5.74) is 0.536. The van der Waals surface area contributed by atoms with Crippen molar-refractivity contribution in [2.75, 3.05) is 25.6 Å². The predicted octanol–water partition coefficient (Wildman–Crippen LogP) is 2.09. The average molecular weight is 464 g/mol. The molecule has 9 nitrogen and oxygen atoms in total. The normalized spacial score (nSPS) is 21.0. The number of hydrogen-bond donors (Lipinski definition) is 4. The van der Waals surface area contributed by atoms with Crippen LogP contribution in [0.4, 0.5) is 10.5 Å². The van der Waals surface area contributed by atoms with E-state index in [0.29, 0.717) is 30.7 Å². The van der Waals surface area contributed by atoms with Gasteiger partial charge >= 0.3 is 6.03 Å². The van der Waals surface area contributed by atoms with E-state index in [9.17, 15) is 18.3 Å². The second-order valence-corrected chi connectivity index (χ2v) is 9.23. The van der Waals surface area contributed by atoms with Gasteiger partial charge in [0.15, 0.2) is 0 Å². The van der Waals surface area contributed by atoms with Crippen LogP contribution in [0.3, 0.4) is 0 Å². The maximum absolute atomic E-state index is 12.4. The van der Waals surface area contributed by atoms with E-state index < -0.39 is 22.2 Å². The number of benzene rings is 2. The minimum Gasteiger partial charge on any atom is -0.495 e. The number of aliphatic hydroxyl groups excluding tert-OH is 1. The highest BCUT2D eigenvalue weighted by atomic mass is 32.2. The highest BCUT2D eigenvalue weighted by Crippen LogP contribution is 2.24. The molecule has 0 spiro atoms. The number of sulfonamides is 1. The molecule has 0 radical (unpaired) electrons. The summed E-state index contributed by atoms with van der Waals surface area (Å²) in [7, 11) is -2.05. The largest absolute Gasteiger partial charge is 0.495 e. The van der Waals surface area contributed by atoms with Gasteiger partial charge in [0.2, 0.25) is 10.0 Å². The molecule has 0 aliphatic carbocycles. The third kappa shape index (κ3) is 6.42. The number of urea groups is 1. The number of anilines is 1. The molecular weight excluding hydrogens is 434 g/mol. The van der Waals surface area contributed by atoms with Gasteiger partial charge in [-0.2, -0.15) is 0 Å². The molecular formula is C22H29N3O6S. The summed E-state index contributed by atoms with van der Waals surface area (Å²) in [5, 5.41) is 15.3. The Morgan fingerprint density at radius 2 is 1.84 bits per heavy atom. The number of ether oxygens (including phenoxy) is 2. The third-order valence-electron chi connectivity index (χ3n) is 5.28. The average Bonchev–Trinajstić information content (AvgIpc) is 2.80. The van der Waals surface area contributed by atoms with Crippen LogP contribution in [-0.2, 0) is 14.8 Å². The summed E-state index contributed by atoms with van der Waals surface area (Å²) in [5.74, 6) is 0.541. The fourth-order valence-corrected chi connectivity index (χ4v) is 4.69. The first-order chi connectivity index (χ1) is 15.4. The second kappa shape index (κ2) is 11.3. The number of methoxy groups -OCH3 is 1. The Balaban J connectivity index is 1.47. The Kier molecular flexibility index (Phi) is 8.46. The van der Waals surface area contributed by atoms with E-state index >= 15 is 0 Å². The van der Waals surface area contributed by atoms with Crippen molar-refractivity contribution < 1.29 is 27.8 Å². The Bertz CT molecular complexity index is 986. The number of amides is 2. The highest BCUT2D eigenvalue weighted by Gasteiger charge is 2.32. The van der Waals surface area contributed by atoms with Gasteiger partial charge in [0, 0.05) is 6.54 Å². The molecule has 3 atom stereocenters. The van der Waals surface area contributed by atoms with Gasteiger partial charge in [-0.15, -0.1) is 0 Å². The smallest absolute Gasteiger partial charge is 0.319 e. The van der Waals surface area contributed by atoms with Crippen LogP contribution in [0.25, 0.3) is 0 Å². The number of hydrogen-bond acceptors (Lipinski definition) is 6. The molecule has 4 N–H and O–H groups in total. The van der Waals surface area contributed by atoms with Gasteiger partial charge in [0.05, 0.1) is 36.4 Å². The lowest BCUT2D eigenvalue weighted by molar-refractivity contribution is -0.0884.